The topological polar surface area (TPSA) is 79.5 Å². The Kier molecular flexibility index (Phi) is 4.92. The van der Waals surface area contributed by atoms with Crippen LogP contribution in [0, 0.1) is 0 Å². The number of carbonyl (C=O) groups excluding carboxylic acids is 2. The zero-order valence-corrected chi connectivity index (χ0v) is 14.3. The molecular formula is C17H20N4O2S. The molecule has 0 radical (unpaired) electrons. The number of carbonyl (C=O) groups is 2. The monoisotopic (exact) mass is 344 g/mol. The summed E-state index contributed by atoms with van der Waals surface area (Å²) in [5.41, 5.74) is 6.77. The molecule has 0 aliphatic carbocycles. The summed E-state index contributed by atoms with van der Waals surface area (Å²) in [4.78, 5) is 32.8. The van der Waals surface area contributed by atoms with E-state index >= 15 is 0 Å². The van der Waals surface area contributed by atoms with Gasteiger partial charge >= 0.3 is 0 Å². The number of anilines is 1. The van der Waals surface area contributed by atoms with Crippen molar-refractivity contribution in [3.8, 4) is 0 Å². The van der Waals surface area contributed by atoms with E-state index in [0.29, 0.717) is 31.6 Å². The highest BCUT2D eigenvalue weighted by atomic mass is 32.1. The average molecular weight is 344 g/mol. The second kappa shape index (κ2) is 7.11. The third-order valence-electron chi connectivity index (χ3n) is 4.16. The number of nitrogens with zero attached hydrogens (tertiary/aromatic N) is 3. The molecule has 2 N–H and O–H groups in total. The molecule has 3 rings (SSSR count). The summed E-state index contributed by atoms with van der Waals surface area (Å²) in [6, 6.07) is 9.08. The summed E-state index contributed by atoms with van der Waals surface area (Å²) in [6.45, 7) is 1.12. The van der Waals surface area contributed by atoms with Gasteiger partial charge < -0.3 is 15.5 Å². The van der Waals surface area contributed by atoms with Gasteiger partial charge in [0.15, 0.2) is 0 Å². The molecule has 1 aliphatic rings. The molecule has 0 spiro atoms. The molecule has 2 heterocycles. The maximum atomic E-state index is 12.7. The Morgan fingerprint density at radius 2 is 2.17 bits per heavy atom. The highest BCUT2D eigenvalue weighted by molar-refractivity contribution is 7.09. The zero-order chi connectivity index (χ0) is 17.1. The molecule has 0 saturated carbocycles. The number of rotatable bonds is 5. The lowest BCUT2D eigenvalue weighted by Gasteiger charge is -2.23. The molecule has 1 aromatic heterocycles. The Morgan fingerprint density at radius 1 is 1.42 bits per heavy atom. The number of amides is 2. The van der Waals surface area contributed by atoms with Gasteiger partial charge in [-0.2, -0.15) is 0 Å². The summed E-state index contributed by atoms with van der Waals surface area (Å²) in [5.74, 6) is -0.266. The SMILES string of the molecule is CN(C(=O)c1csc(CCN)n1)C1CCN(c2ccccc2)C1=O. The highest BCUT2D eigenvalue weighted by Crippen LogP contribution is 2.24. The van der Waals surface area contributed by atoms with Crippen molar-refractivity contribution in [2.75, 3.05) is 25.0 Å². The van der Waals surface area contributed by atoms with E-state index in [2.05, 4.69) is 4.98 Å². The minimum absolute atomic E-state index is 0.0468. The Hall–Kier alpha value is -2.25. The minimum Gasteiger partial charge on any atom is -0.330 e. The second-order valence-corrected chi connectivity index (χ2v) is 6.65. The Labute approximate surface area is 144 Å². The molecule has 7 heteroatoms. The van der Waals surface area contributed by atoms with Crippen molar-refractivity contribution in [2.45, 2.75) is 18.9 Å². The Balaban J connectivity index is 1.72. The number of para-hydroxylation sites is 1. The fourth-order valence-corrected chi connectivity index (χ4v) is 3.65. The first kappa shape index (κ1) is 16.6. The van der Waals surface area contributed by atoms with Gasteiger partial charge in [-0.25, -0.2) is 4.98 Å². The van der Waals surface area contributed by atoms with Crippen molar-refractivity contribution in [2.24, 2.45) is 5.73 Å². The van der Waals surface area contributed by atoms with E-state index in [0.717, 1.165) is 10.7 Å². The first-order chi connectivity index (χ1) is 11.6. The summed E-state index contributed by atoms with van der Waals surface area (Å²) in [6.07, 6.45) is 1.28. The molecule has 1 saturated heterocycles. The summed E-state index contributed by atoms with van der Waals surface area (Å²) in [7, 11) is 1.67. The van der Waals surface area contributed by atoms with E-state index in [1.807, 2.05) is 30.3 Å². The van der Waals surface area contributed by atoms with E-state index in [4.69, 9.17) is 5.73 Å². The van der Waals surface area contributed by atoms with Crippen molar-refractivity contribution in [1.82, 2.24) is 9.88 Å². The first-order valence-corrected chi connectivity index (χ1v) is 8.78. The van der Waals surface area contributed by atoms with Crippen LogP contribution in [0.4, 0.5) is 5.69 Å². The Bertz CT molecular complexity index is 731. The molecule has 2 amide bonds. The van der Waals surface area contributed by atoms with Crippen LogP contribution >= 0.6 is 11.3 Å². The fraction of sp³-hybridized carbons (Fsp3) is 0.353. The van der Waals surface area contributed by atoms with Crippen molar-refractivity contribution in [3.63, 3.8) is 0 Å². The quantitative estimate of drug-likeness (QED) is 0.892. The van der Waals surface area contributed by atoms with Gasteiger partial charge in [0, 0.05) is 31.1 Å². The molecule has 126 valence electrons. The largest absolute Gasteiger partial charge is 0.330 e. The summed E-state index contributed by atoms with van der Waals surface area (Å²) >= 11 is 1.43. The molecule has 24 heavy (non-hydrogen) atoms. The van der Waals surface area contributed by atoms with Crippen LogP contribution in [0.3, 0.4) is 0 Å². The van der Waals surface area contributed by atoms with Crippen LogP contribution in [0.15, 0.2) is 35.7 Å². The second-order valence-electron chi connectivity index (χ2n) is 5.71. The first-order valence-electron chi connectivity index (χ1n) is 7.90. The number of nitrogens with two attached hydrogens (primary N) is 1. The number of hydrogen-bond acceptors (Lipinski definition) is 5. The summed E-state index contributed by atoms with van der Waals surface area (Å²) in [5, 5.41) is 2.58. The third-order valence-corrected chi connectivity index (χ3v) is 5.07. The molecule has 1 aromatic carbocycles. The predicted octanol–water partition coefficient (Wildman–Crippen LogP) is 1.52. The van der Waals surface area contributed by atoms with E-state index < -0.39 is 6.04 Å². The van der Waals surface area contributed by atoms with Crippen LogP contribution in [0.25, 0.3) is 0 Å². The van der Waals surface area contributed by atoms with Crippen LogP contribution in [0.5, 0.6) is 0 Å². The van der Waals surface area contributed by atoms with Crippen molar-refractivity contribution < 1.29 is 9.59 Å². The number of aromatic nitrogens is 1. The van der Waals surface area contributed by atoms with Crippen LogP contribution in [0.1, 0.15) is 21.9 Å². The van der Waals surface area contributed by atoms with Crippen LogP contribution < -0.4 is 10.6 Å². The Morgan fingerprint density at radius 3 is 2.88 bits per heavy atom. The standard InChI is InChI=1S/C17H20N4O2S/c1-20(16(22)13-11-24-15(19-13)7-9-18)14-8-10-21(17(14)23)12-5-3-2-4-6-12/h2-6,11,14H,7-10,18H2,1H3. The van der Waals surface area contributed by atoms with Gasteiger partial charge in [-0.1, -0.05) is 18.2 Å². The van der Waals surface area contributed by atoms with Crippen molar-refractivity contribution in [3.05, 3.63) is 46.4 Å². The number of hydrogen-bond donors (Lipinski definition) is 1. The number of benzene rings is 1. The van der Waals surface area contributed by atoms with Gasteiger partial charge in [0.25, 0.3) is 5.91 Å². The van der Waals surface area contributed by atoms with Crippen molar-refractivity contribution >= 4 is 28.8 Å². The lowest BCUT2D eigenvalue weighted by atomic mass is 10.2. The van der Waals surface area contributed by atoms with E-state index in [9.17, 15) is 9.59 Å². The van der Waals surface area contributed by atoms with Crippen molar-refractivity contribution in [1.29, 1.82) is 0 Å². The van der Waals surface area contributed by atoms with E-state index in [1.54, 1.807) is 17.3 Å². The average Bonchev–Trinajstić information content (AvgIpc) is 3.21. The predicted molar refractivity (Wildman–Crippen MR) is 94.2 cm³/mol. The molecule has 2 aromatic rings. The zero-order valence-electron chi connectivity index (χ0n) is 13.5. The van der Waals surface area contributed by atoms with Gasteiger partial charge in [-0.05, 0) is 25.1 Å². The van der Waals surface area contributed by atoms with Gasteiger partial charge in [0.1, 0.15) is 11.7 Å². The molecular weight excluding hydrogens is 324 g/mol. The minimum atomic E-state index is -0.447. The molecule has 6 nitrogen and oxygen atoms in total. The smallest absolute Gasteiger partial charge is 0.273 e. The number of thiazole rings is 1. The highest BCUT2D eigenvalue weighted by Gasteiger charge is 2.37. The van der Waals surface area contributed by atoms with Gasteiger partial charge in [-0.3, -0.25) is 9.59 Å². The van der Waals surface area contributed by atoms with Gasteiger partial charge in [-0.15, -0.1) is 11.3 Å². The van der Waals surface area contributed by atoms with Crippen LogP contribution in [-0.2, 0) is 11.2 Å². The molecule has 1 fully saturated rings. The lowest BCUT2D eigenvalue weighted by Crippen LogP contribution is -2.43. The van der Waals surface area contributed by atoms with Gasteiger partial charge in [0.05, 0.1) is 5.01 Å². The maximum absolute atomic E-state index is 12.7. The number of likely N-dealkylation sites (N-methyl/N-ethyl adjacent to an activating group) is 1. The maximum Gasteiger partial charge on any atom is 0.273 e. The van der Waals surface area contributed by atoms with Crippen LogP contribution in [0.2, 0.25) is 0 Å². The third kappa shape index (κ3) is 3.18. The summed E-state index contributed by atoms with van der Waals surface area (Å²) < 4.78 is 0. The van der Waals surface area contributed by atoms with Crippen LogP contribution in [-0.4, -0.2) is 47.9 Å². The molecule has 0 bridgehead atoms. The van der Waals surface area contributed by atoms with Gasteiger partial charge in [0.2, 0.25) is 5.91 Å². The molecule has 1 unspecified atom stereocenters. The normalized spacial score (nSPS) is 17.3. The molecule has 1 atom stereocenters. The lowest BCUT2D eigenvalue weighted by molar-refractivity contribution is -0.120. The fourth-order valence-electron chi connectivity index (χ4n) is 2.86. The van der Waals surface area contributed by atoms with E-state index in [-0.39, 0.29) is 11.8 Å². The molecule has 1 aliphatic heterocycles. The van der Waals surface area contributed by atoms with E-state index in [1.165, 1.54) is 16.2 Å².